The number of aryl methyl sites for hydroxylation is 3. The first-order chi connectivity index (χ1) is 12.4. The topological polar surface area (TPSA) is 76.9 Å². The summed E-state index contributed by atoms with van der Waals surface area (Å²) in [6.07, 6.45) is 0.664. The normalized spacial score (nSPS) is 12.1. The molecule has 136 valence electrons. The van der Waals surface area contributed by atoms with E-state index in [-0.39, 0.29) is 24.1 Å². The van der Waals surface area contributed by atoms with Crippen LogP contribution in [0.4, 0.5) is 0 Å². The standard InChI is InChI=1S/C18H20N4O2S2/c1-11-4-5-17(24)22(21-11)9-16(23)20-15(8-14-6-7-25-10-14)18-19-12(2)13(3)26-18/h4-7,10,15H,8-9H2,1-3H3,(H,20,23)/t15-/m1/s1. The Balaban J connectivity index is 1.79. The van der Waals surface area contributed by atoms with Gasteiger partial charge in [0.15, 0.2) is 0 Å². The Morgan fingerprint density at radius 3 is 2.73 bits per heavy atom. The largest absolute Gasteiger partial charge is 0.345 e. The molecule has 8 heteroatoms. The second-order valence-corrected chi connectivity index (χ2v) is 8.13. The Bertz CT molecular complexity index is 940. The maximum atomic E-state index is 12.5. The van der Waals surface area contributed by atoms with Gasteiger partial charge in [0.05, 0.1) is 17.4 Å². The molecule has 0 bridgehead atoms. The molecule has 0 fully saturated rings. The van der Waals surface area contributed by atoms with Crippen molar-refractivity contribution in [2.75, 3.05) is 0 Å². The summed E-state index contributed by atoms with van der Waals surface area (Å²) in [5.74, 6) is -0.254. The van der Waals surface area contributed by atoms with Gasteiger partial charge in [0, 0.05) is 17.4 Å². The molecule has 3 aromatic rings. The molecular formula is C18H20N4O2S2. The predicted molar refractivity (Wildman–Crippen MR) is 104 cm³/mol. The number of thiophene rings is 1. The van der Waals surface area contributed by atoms with E-state index in [1.54, 1.807) is 35.7 Å². The van der Waals surface area contributed by atoms with E-state index in [0.717, 1.165) is 21.1 Å². The summed E-state index contributed by atoms with van der Waals surface area (Å²) in [5.41, 5.74) is 2.53. The van der Waals surface area contributed by atoms with Crippen molar-refractivity contribution < 1.29 is 4.79 Å². The van der Waals surface area contributed by atoms with Crippen LogP contribution in [0.1, 0.15) is 32.9 Å². The SMILES string of the molecule is Cc1ccc(=O)n(CC(=O)N[C@H](Cc2ccsc2)c2nc(C)c(C)s2)n1. The fourth-order valence-corrected chi connectivity index (χ4v) is 4.19. The number of hydrogen-bond donors (Lipinski definition) is 1. The number of nitrogens with one attached hydrogen (secondary N) is 1. The minimum absolute atomic E-state index is 0.107. The van der Waals surface area contributed by atoms with Crippen molar-refractivity contribution in [3.8, 4) is 0 Å². The first-order valence-corrected chi connectivity index (χ1v) is 9.97. The summed E-state index contributed by atoms with van der Waals surface area (Å²) < 4.78 is 1.19. The van der Waals surface area contributed by atoms with Gasteiger partial charge in [-0.25, -0.2) is 9.67 Å². The van der Waals surface area contributed by atoms with Gasteiger partial charge in [-0.15, -0.1) is 11.3 Å². The molecule has 0 aromatic carbocycles. The zero-order valence-corrected chi connectivity index (χ0v) is 16.5. The lowest BCUT2D eigenvalue weighted by Gasteiger charge is -2.16. The third kappa shape index (κ3) is 4.44. The molecule has 0 spiro atoms. The molecule has 1 amide bonds. The average molecular weight is 389 g/mol. The summed E-state index contributed by atoms with van der Waals surface area (Å²) >= 11 is 3.22. The van der Waals surface area contributed by atoms with Crippen molar-refractivity contribution in [2.24, 2.45) is 0 Å². The summed E-state index contributed by atoms with van der Waals surface area (Å²) in [6.45, 7) is 5.67. The minimum Gasteiger partial charge on any atom is -0.345 e. The third-order valence-corrected chi connectivity index (χ3v) is 5.91. The molecule has 3 heterocycles. The van der Waals surface area contributed by atoms with Crippen LogP contribution in [0.3, 0.4) is 0 Å². The molecule has 1 N–H and O–H groups in total. The summed E-state index contributed by atoms with van der Waals surface area (Å²) in [7, 11) is 0. The number of carbonyl (C=O) groups is 1. The number of hydrogen-bond acceptors (Lipinski definition) is 6. The van der Waals surface area contributed by atoms with Crippen molar-refractivity contribution in [2.45, 2.75) is 39.8 Å². The highest BCUT2D eigenvalue weighted by molar-refractivity contribution is 7.11. The highest BCUT2D eigenvalue weighted by atomic mass is 32.1. The molecule has 0 radical (unpaired) electrons. The lowest BCUT2D eigenvalue weighted by atomic mass is 10.1. The highest BCUT2D eigenvalue weighted by Gasteiger charge is 2.20. The monoisotopic (exact) mass is 388 g/mol. The number of rotatable bonds is 6. The van der Waals surface area contributed by atoms with Gasteiger partial charge in [-0.1, -0.05) is 0 Å². The molecule has 3 aromatic heterocycles. The molecule has 0 aliphatic carbocycles. The fraction of sp³-hybridized carbons (Fsp3) is 0.333. The van der Waals surface area contributed by atoms with E-state index >= 15 is 0 Å². The Kier molecular flexibility index (Phi) is 5.63. The van der Waals surface area contributed by atoms with Crippen LogP contribution in [0, 0.1) is 20.8 Å². The van der Waals surface area contributed by atoms with Gasteiger partial charge >= 0.3 is 0 Å². The Morgan fingerprint density at radius 1 is 1.27 bits per heavy atom. The number of carbonyl (C=O) groups excluding carboxylic acids is 1. The summed E-state index contributed by atoms with van der Waals surface area (Å²) in [5, 5.41) is 12.1. The molecule has 3 rings (SSSR count). The molecule has 6 nitrogen and oxygen atoms in total. The first kappa shape index (κ1) is 18.5. The van der Waals surface area contributed by atoms with Gasteiger partial charge in [0.2, 0.25) is 5.91 Å². The average Bonchev–Trinajstić information content (AvgIpc) is 3.21. The Morgan fingerprint density at radius 2 is 2.08 bits per heavy atom. The molecule has 0 aliphatic rings. The Labute approximate surface area is 159 Å². The van der Waals surface area contributed by atoms with E-state index in [2.05, 4.69) is 20.8 Å². The van der Waals surface area contributed by atoms with E-state index in [1.807, 2.05) is 25.3 Å². The molecule has 1 atom stereocenters. The van der Waals surface area contributed by atoms with E-state index in [4.69, 9.17) is 0 Å². The second-order valence-electron chi connectivity index (χ2n) is 6.12. The van der Waals surface area contributed by atoms with Gasteiger partial charge in [0.25, 0.3) is 5.56 Å². The molecule has 0 saturated heterocycles. The zero-order chi connectivity index (χ0) is 18.7. The minimum atomic E-state index is -0.291. The molecule has 0 unspecified atom stereocenters. The van der Waals surface area contributed by atoms with Crippen LogP contribution < -0.4 is 10.9 Å². The van der Waals surface area contributed by atoms with Crippen molar-refractivity contribution in [1.82, 2.24) is 20.1 Å². The van der Waals surface area contributed by atoms with E-state index in [0.29, 0.717) is 12.1 Å². The van der Waals surface area contributed by atoms with Gasteiger partial charge in [-0.3, -0.25) is 9.59 Å². The van der Waals surface area contributed by atoms with E-state index in [1.165, 1.54) is 10.7 Å². The van der Waals surface area contributed by atoms with Crippen LogP contribution in [-0.4, -0.2) is 20.7 Å². The first-order valence-electron chi connectivity index (χ1n) is 8.21. The lowest BCUT2D eigenvalue weighted by Crippen LogP contribution is -2.36. The maximum Gasteiger partial charge on any atom is 0.267 e. The fourth-order valence-electron chi connectivity index (χ4n) is 2.53. The number of nitrogens with zero attached hydrogens (tertiary/aromatic N) is 3. The quantitative estimate of drug-likeness (QED) is 0.704. The number of thiazole rings is 1. The summed E-state index contributed by atoms with van der Waals surface area (Å²) in [4.78, 5) is 30.2. The third-order valence-electron chi connectivity index (χ3n) is 3.99. The number of amides is 1. The molecule has 26 heavy (non-hydrogen) atoms. The van der Waals surface area contributed by atoms with Crippen LogP contribution >= 0.6 is 22.7 Å². The van der Waals surface area contributed by atoms with Crippen molar-refractivity contribution in [1.29, 1.82) is 0 Å². The van der Waals surface area contributed by atoms with Crippen LogP contribution in [0.2, 0.25) is 0 Å². The van der Waals surface area contributed by atoms with E-state index < -0.39 is 0 Å². The predicted octanol–water partition coefficient (Wildman–Crippen LogP) is 2.79. The summed E-state index contributed by atoms with van der Waals surface area (Å²) in [6, 6.07) is 4.88. The smallest absolute Gasteiger partial charge is 0.267 e. The second kappa shape index (κ2) is 7.92. The zero-order valence-electron chi connectivity index (χ0n) is 14.9. The van der Waals surface area contributed by atoms with Crippen LogP contribution in [0.15, 0.2) is 33.8 Å². The van der Waals surface area contributed by atoms with Gasteiger partial charge < -0.3 is 5.32 Å². The number of aromatic nitrogens is 3. The van der Waals surface area contributed by atoms with Crippen LogP contribution in [-0.2, 0) is 17.8 Å². The molecule has 0 aliphatic heterocycles. The van der Waals surface area contributed by atoms with Gasteiger partial charge in [0.1, 0.15) is 11.6 Å². The van der Waals surface area contributed by atoms with Crippen molar-refractivity contribution >= 4 is 28.6 Å². The Hall–Kier alpha value is -2.32. The molecular weight excluding hydrogens is 368 g/mol. The van der Waals surface area contributed by atoms with E-state index in [9.17, 15) is 9.59 Å². The van der Waals surface area contributed by atoms with Gasteiger partial charge in [-0.05, 0) is 49.2 Å². The maximum absolute atomic E-state index is 12.5. The van der Waals surface area contributed by atoms with Crippen LogP contribution in [0.5, 0.6) is 0 Å². The van der Waals surface area contributed by atoms with Gasteiger partial charge in [-0.2, -0.15) is 16.4 Å². The highest BCUT2D eigenvalue weighted by Crippen LogP contribution is 2.26. The van der Waals surface area contributed by atoms with Crippen molar-refractivity contribution in [3.63, 3.8) is 0 Å². The molecule has 0 saturated carbocycles. The van der Waals surface area contributed by atoms with Crippen molar-refractivity contribution in [3.05, 3.63) is 66.1 Å². The van der Waals surface area contributed by atoms with Crippen LogP contribution in [0.25, 0.3) is 0 Å². The lowest BCUT2D eigenvalue weighted by molar-refractivity contribution is -0.122.